The molecule has 2 saturated heterocycles. The summed E-state index contributed by atoms with van der Waals surface area (Å²) in [7, 11) is 0. The molecule has 9 N–H and O–H groups in total. The molecule has 0 saturated carbocycles. The van der Waals surface area contributed by atoms with Crippen LogP contribution < -0.4 is 22.1 Å². The first-order valence-electron chi connectivity index (χ1n) is 19.5. The minimum absolute atomic E-state index is 0.135. The van der Waals surface area contributed by atoms with Crippen molar-refractivity contribution in [2.75, 3.05) is 13.1 Å². The summed E-state index contributed by atoms with van der Waals surface area (Å²) in [5.41, 5.74) is 14.0. The first-order valence-corrected chi connectivity index (χ1v) is 19.5. The van der Waals surface area contributed by atoms with E-state index in [0.29, 0.717) is 51.6 Å². The summed E-state index contributed by atoms with van der Waals surface area (Å²) in [6.45, 7) is 0.621. The minimum atomic E-state index is -2.32. The van der Waals surface area contributed by atoms with E-state index >= 15 is 0 Å². The summed E-state index contributed by atoms with van der Waals surface area (Å²) in [5, 5.41) is 24.9. The molecule has 4 aromatic carbocycles. The molecule has 15 heteroatoms. The Morgan fingerprint density at radius 1 is 0.644 bits per heavy atom. The molecule has 0 spiro atoms. The molecule has 2 unspecified atom stereocenters. The van der Waals surface area contributed by atoms with Crippen LogP contribution in [0, 0.1) is 0 Å². The number of carbonyl (C=O) groups excluding carboxylic acids is 4. The van der Waals surface area contributed by atoms with E-state index in [9.17, 15) is 39.0 Å². The Balaban J connectivity index is 1.10. The van der Waals surface area contributed by atoms with Crippen molar-refractivity contribution in [3.05, 3.63) is 130 Å². The molecule has 1 aliphatic carbocycles. The number of rotatable bonds is 10. The smallest absolute Gasteiger partial charge is 0.406 e. The Hall–Kier alpha value is -7.16. The van der Waals surface area contributed by atoms with Crippen LogP contribution in [-0.4, -0.2) is 73.9 Å². The van der Waals surface area contributed by atoms with E-state index in [1.807, 2.05) is 24.3 Å². The Kier molecular flexibility index (Phi) is 9.82. The first kappa shape index (κ1) is 38.7. The van der Waals surface area contributed by atoms with Crippen LogP contribution in [-0.2, 0) is 43.1 Å². The van der Waals surface area contributed by atoms with Gasteiger partial charge in [-0.15, -0.1) is 0 Å². The molecule has 59 heavy (non-hydrogen) atoms. The maximum absolute atomic E-state index is 14.4. The molecule has 4 atom stereocenters. The fourth-order valence-corrected chi connectivity index (χ4v) is 9.45. The zero-order valence-corrected chi connectivity index (χ0v) is 31.9. The molecule has 2 fully saturated rings. The van der Waals surface area contributed by atoms with Gasteiger partial charge in [-0.3, -0.25) is 29.8 Å². The zero-order valence-electron chi connectivity index (χ0n) is 31.9. The van der Waals surface area contributed by atoms with Crippen molar-refractivity contribution in [2.24, 2.45) is 11.5 Å². The first-order chi connectivity index (χ1) is 28.4. The number of aryl methyl sites for hydroxylation is 2. The van der Waals surface area contributed by atoms with Gasteiger partial charge >= 0.3 is 12.2 Å². The van der Waals surface area contributed by atoms with Crippen LogP contribution in [0.4, 0.5) is 9.59 Å². The van der Waals surface area contributed by atoms with Crippen LogP contribution in [0.3, 0.4) is 0 Å². The lowest BCUT2D eigenvalue weighted by Crippen LogP contribution is -2.63. The van der Waals surface area contributed by atoms with Gasteiger partial charge in [-0.2, -0.15) is 0 Å². The number of nitrogens with two attached hydrogens (primary N) is 2. The Morgan fingerprint density at radius 2 is 1.14 bits per heavy atom. The second kappa shape index (κ2) is 15.0. The summed E-state index contributed by atoms with van der Waals surface area (Å²) >= 11 is 0. The molecule has 1 aromatic heterocycles. The number of nitrogens with one attached hydrogen (secondary N) is 3. The highest BCUT2D eigenvalue weighted by atomic mass is 16.4. The van der Waals surface area contributed by atoms with Gasteiger partial charge in [0.2, 0.25) is 11.1 Å². The van der Waals surface area contributed by atoms with Gasteiger partial charge in [-0.25, -0.2) is 9.59 Å². The third-order valence-corrected chi connectivity index (χ3v) is 12.2. The molecule has 302 valence electrons. The maximum atomic E-state index is 14.4. The molecule has 3 heterocycles. The molecule has 5 aromatic rings. The predicted octanol–water partition coefficient (Wildman–Crippen LogP) is 4.56. The van der Waals surface area contributed by atoms with Gasteiger partial charge in [-0.1, -0.05) is 84.9 Å². The summed E-state index contributed by atoms with van der Waals surface area (Å²) in [5.74, 6) is -3.70. The zero-order chi connectivity index (χ0) is 41.6. The van der Waals surface area contributed by atoms with Crippen LogP contribution in [0.2, 0.25) is 0 Å². The van der Waals surface area contributed by atoms with Crippen molar-refractivity contribution in [1.29, 1.82) is 0 Å². The van der Waals surface area contributed by atoms with Gasteiger partial charge in [0.1, 0.15) is 0 Å². The van der Waals surface area contributed by atoms with Crippen LogP contribution in [0.1, 0.15) is 71.1 Å². The van der Waals surface area contributed by atoms with Crippen molar-refractivity contribution in [1.82, 2.24) is 25.4 Å². The average Bonchev–Trinajstić information content (AvgIpc) is 4.01. The maximum Gasteiger partial charge on any atom is 0.406 e. The summed E-state index contributed by atoms with van der Waals surface area (Å²) < 4.78 is 0. The highest BCUT2D eigenvalue weighted by molar-refractivity contribution is 6.12. The highest BCUT2D eigenvalue weighted by Crippen LogP contribution is 2.44. The predicted molar refractivity (Wildman–Crippen MR) is 215 cm³/mol. The average molecular weight is 798 g/mol. The number of hydrogen-bond acceptors (Lipinski definition) is 6. The van der Waals surface area contributed by atoms with Gasteiger partial charge in [-0.05, 0) is 84.0 Å². The lowest BCUT2D eigenvalue weighted by molar-refractivity contribution is -0.147. The number of primary amides is 2. The Labute approximate surface area is 338 Å². The van der Waals surface area contributed by atoms with E-state index in [1.165, 1.54) is 24.3 Å². The van der Waals surface area contributed by atoms with E-state index in [2.05, 4.69) is 27.8 Å². The number of benzene rings is 4. The van der Waals surface area contributed by atoms with E-state index < -0.39 is 59.0 Å². The lowest BCUT2D eigenvalue weighted by Gasteiger charge is -2.36. The number of nitrogens with zero attached hydrogens (tertiary/aromatic N) is 2. The topological polar surface area (TPSA) is 241 Å². The number of carboxylic acid groups (broad SMARTS) is 2. The van der Waals surface area contributed by atoms with Crippen molar-refractivity contribution in [2.45, 2.75) is 61.7 Å². The number of hydrogen-bond donors (Lipinski definition) is 7. The molecular weight excluding hydrogens is 755 g/mol. The molecule has 3 aliphatic rings. The molecular formula is C44H43N7O8. The number of fused-ring (bicyclic) bond motifs is 5. The number of amides is 6. The molecule has 15 nitrogen and oxygen atoms in total. The van der Waals surface area contributed by atoms with Crippen molar-refractivity contribution in [3.63, 3.8) is 0 Å². The van der Waals surface area contributed by atoms with E-state index in [0.717, 1.165) is 44.4 Å². The van der Waals surface area contributed by atoms with Gasteiger partial charge in [0.05, 0.1) is 12.1 Å². The third kappa shape index (κ3) is 6.38. The number of likely N-dealkylation sites (tertiary alicyclic amines) is 2. The number of carbonyl (C=O) groups is 6. The lowest BCUT2D eigenvalue weighted by atomic mass is 9.85. The largest absolute Gasteiger partial charge is 0.465 e. The highest BCUT2D eigenvalue weighted by Gasteiger charge is 2.53. The van der Waals surface area contributed by atoms with Crippen molar-refractivity contribution in [3.8, 4) is 11.3 Å². The van der Waals surface area contributed by atoms with Gasteiger partial charge < -0.3 is 36.5 Å². The van der Waals surface area contributed by atoms with Crippen LogP contribution >= 0.6 is 0 Å². The summed E-state index contributed by atoms with van der Waals surface area (Å²) in [4.78, 5) is 85.7. The monoisotopic (exact) mass is 797 g/mol. The normalized spacial score (nSPS) is 19.2. The van der Waals surface area contributed by atoms with Crippen LogP contribution in [0.5, 0.6) is 0 Å². The molecule has 6 amide bonds. The standard InChI is InChI=1S/C44H43N7O8/c45-37(52)43(48-41(56)57,28-9-3-1-4-10-28)39(54)50-21-7-13-34(50)26-16-18-30-25(23-26)15-19-31-32-24-27(17-20-33(32)47-36(30)31)35-14-8-22-51(35)40(55)44(38(46)53,49-42(58)59)29-11-5-2-6-12-29/h1-6,9-12,16-18,20,23-24,34-35,47-49H,7-8,13-15,19,21-22H2,(H2,45,52)(H2,46,53)(H,56,57)(H,58,59)/t34?,35-,43?,44-/m0/s1. The van der Waals surface area contributed by atoms with Gasteiger partial charge in [0.15, 0.2) is 0 Å². The van der Waals surface area contributed by atoms with Crippen molar-refractivity contribution >= 4 is 46.7 Å². The van der Waals surface area contributed by atoms with E-state index in [1.54, 1.807) is 46.2 Å². The molecule has 2 aliphatic heterocycles. The number of H-pyrrole nitrogens is 1. The van der Waals surface area contributed by atoms with Crippen molar-refractivity contribution < 1.29 is 39.0 Å². The summed E-state index contributed by atoms with van der Waals surface area (Å²) in [6, 6.07) is 27.0. The molecule has 8 rings (SSSR count). The Bertz CT molecular complexity index is 2520. The quantitative estimate of drug-likeness (QED) is 0.0987. The fraction of sp³-hybridized carbons (Fsp3) is 0.273. The van der Waals surface area contributed by atoms with E-state index in [-0.39, 0.29) is 11.1 Å². The van der Waals surface area contributed by atoms with Gasteiger partial charge in [0, 0.05) is 35.2 Å². The summed E-state index contributed by atoms with van der Waals surface area (Å²) in [6.07, 6.45) is 0.777. The SMILES string of the molecule is NC(=O)C(NC(=O)O)(C(=O)N1CCCC1c1ccc2c(c1)CCc1c-2[nH]c2ccc([C@@H]3CCCN3C(=O)[C@@](NC(=O)O)(C(N)=O)c3ccccc3)cc12)c1ccccc1. The molecule has 0 radical (unpaired) electrons. The second-order valence-corrected chi connectivity index (χ2v) is 15.3. The Morgan fingerprint density at radius 3 is 1.63 bits per heavy atom. The van der Waals surface area contributed by atoms with E-state index in [4.69, 9.17) is 11.5 Å². The molecule has 0 bridgehead atoms. The third-order valence-electron chi connectivity index (χ3n) is 12.2. The van der Waals surface area contributed by atoms with Crippen LogP contribution in [0.15, 0.2) is 97.1 Å². The number of aromatic amines is 1. The fourth-order valence-electron chi connectivity index (χ4n) is 9.45. The van der Waals surface area contributed by atoms with Gasteiger partial charge in [0.25, 0.3) is 23.6 Å². The van der Waals surface area contributed by atoms with Crippen LogP contribution in [0.25, 0.3) is 22.2 Å². The second-order valence-electron chi connectivity index (χ2n) is 15.3. The minimum Gasteiger partial charge on any atom is -0.465 e. The number of aromatic nitrogens is 1.